The van der Waals surface area contributed by atoms with E-state index in [0.29, 0.717) is 6.54 Å². The molecule has 5 heteroatoms. The van der Waals surface area contributed by atoms with Gasteiger partial charge in [0.05, 0.1) is 5.92 Å². The number of carboxylic acids is 1. The van der Waals surface area contributed by atoms with Gasteiger partial charge in [-0.15, -0.1) is 0 Å². The van der Waals surface area contributed by atoms with Gasteiger partial charge in [0.1, 0.15) is 0 Å². The number of aliphatic carboxylic acids is 1. The Morgan fingerprint density at radius 3 is 2.42 bits per heavy atom. The summed E-state index contributed by atoms with van der Waals surface area (Å²) < 4.78 is 0. The van der Waals surface area contributed by atoms with Crippen LogP contribution in [0, 0.1) is 17.8 Å². The minimum atomic E-state index is -0.722. The lowest BCUT2D eigenvalue weighted by atomic mass is 9.85. The standard InChI is InChI=1S/C14H24N2O3/c15-11-6-4-9(5-7-11)13(17)16-8-10-2-1-3-12(10)14(18)19/h9-12H,1-8,15H2,(H,16,17)(H,18,19). The zero-order valence-electron chi connectivity index (χ0n) is 11.3. The number of carbonyl (C=O) groups excluding carboxylic acids is 1. The average molecular weight is 268 g/mol. The number of hydrogen-bond acceptors (Lipinski definition) is 3. The van der Waals surface area contributed by atoms with Gasteiger partial charge in [0.25, 0.3) is 0 Å². The van der Waals surface area contributed by atoms with E-state index in [4.69, 9.17) is 10.8 Å². The first-order chi connectivity index (χ1) is 9.08. The van der Waals surface area contributed by atoms with Crippen LogP contribution in [0.3, 0.4) is 0 Å². The zero-order chi connectivity index (χ0) is 13.8. The highest BCUT2D eigenvalue weighted by Gasteiger charge is 2.33. The summed E-state index contributed by atoms with van der Waals surface area (Å²) >= 11 is 0. The summed E-state index contributed by atoms with van der Waals surface area (Å²) in [5, 5.41) is 12.1. The Kier molecular flexibility index (Phi) is 4.80. The molecule has 2 unspecified atom stereocenters. The molecular formula is C14H24N2O3. The minimum Gasteiger partial charge on any atom is -0.481 e. The van der Waals surface area contributed by atoms with E-state index in [1.54, 1.807) is 0 Å². The van der Waals surface area contributed by atoms with Crippen LogP contribution in [0.2, 0.25) is 0 Å². The maximum Gasteiger partial charge on any atom is 0.306 e. The van der Waals surface area contributed by atoms with E-state index >= 15 is 0 Å². The number of carboxylic acid groups (broad SMARTS) is 1. The van der Waals surface area contributed by atoms with E-state index in [1.165, 1.54) is 0 Å². The molecule has 0 saturated heterocycles. The Morgan fingerprint density at radius 2 is 1.79 bits per heavy atom. The summed E-state index contributed by atoms with van der Waals surface area (Å²) in [6, 6.07) is 0.246. The molecule has 0 heterocycles. The SMILES string of the molecule is NC1CCC(C(=O)NCC2CCCC2C(=O)O)CC1. The molecule has 0 bridgehead atoms. The predicted octanol–water partition coefficient (Wildman–Crippen LogP) is 1.12. The van der Waals surface area contributed by atoms with Crippen LogP contribution in [0.5, 0.6) is 0 Å². The second-order valence-electron chi connectivity index (χ2n) is 5.99. The molecule has 0 aromatic rings. The minimum absolute atomic E-state index is 0.0736. The average Bonchev–Trinajstić information content (AvgIpc) is 2.85. The number of nitrogens with one attached hydrogen (secondary N) is 1. The van der Waals surface area contributed by atoms with Gasteiger partial charge in [-0.1, -0.05) is 6.42 Å². The van der Waals surface area contributed by atoms with Crippen molar-refractivity contribution in [2.75, 3.05) is 6.54 Å². The van der Waals surface area contributed by atoms with Gasteiger partial charge >= 0.3 is 5.97 Å². The third kappa shape index (κ3) is 3.69. The third-order valence-electron chi connectivity index (χ3n) is 4.66. The molecule has 5 nitrogen and oxygen atoms in total. The summed E-state index contributed by atoms with van der Waals surface area (Å²) in [5.74, 6) is -0.736. The van der Waals surface area contributed by atoms with Gasteiger partial charge < -0.3 is 16.2 Å². The van der Waals surface area contributed by atoms with Crippen molar-refractivity contribution in [1.29, 1.82) is 0 Å². The largest absolute Gasteiger partial charge is 0.481 e. The summed E-state index contributed by atoms with van der Waals surface area (Å²) in [6.07, 6.45) is 6.16. The van der Waals surface area contributed by atoms with Crippen molar-refractivity contribution in [3.8, 4) is 0 Å². The van der Waals surface area contributed by atoms with Crippen molar-refractivity contribution in [1.82, 2.24) is 5.32 Å². The van der Waals surface area contributed by atoms with E-state index in [0.717, 1.165) is 44.9 Å². The quantitative estimate of drug-likeness (QED) is 0.712. The molecule has 0 aromatic carbocycles. The maximum absolute atomic E-state index is 12.0. The molecular weight excluding hydrogens is 244 g/mol. The molecule has 0 aliphatic heterocycles. The second-order valence-corrected chi connectivity index (χ2v) is 5.99. The molecule has 0 radical (unpaired) electrons. The summed E-state index contributed by atoms with van der Waals surface area (Å²) in [4.78, 5) is 23.1. The molecule has 1 amide bonds. The number of amides is 1. The highest BCUT2D eigenvalue weighted by atomic mass is 16.4. The van der Waals surface area contributed by atoms with Crippen molar-refractivity contribution in [3.63, 3.8) is 0 Å². The summed E-state index contributed by atoms with van der Waals surface area (Å²) in [5.41, 5.74) is 5.83. The van der Waals surface area contributed by atoms with Crippen LogP contribution >= 0.6 is 0 Å². The maximum atomic E-state index is 12.0. The molecule has 2 rings (SSSR count). The Morgan fingerprint density at radius 1 is 1.11 bits per heavy atom. The molecule has 108 valence electrons. The third-order valence-corrected chi connectivity index (χ3v) is 4.66. The van der Waals surface area contributed by atoms with E-state index in [2.05, 4.69) is 5.32 Å². The molecule has 0 aromatic heterocycles. The van der Waals surface area contributed by atoms with Crippen LogP contribution < -0.4 is 11.1 Å². The van der Waals surface area contributed by atoms with Crippen molar-refractivity contribution in [2.24, 2.45) is 23.5 Å². The lowest BCUT2D eigenvalue weighted by molar-refractivity contribution is -0.143. The van der Waals surface area contributed by atoms with Crippen LogP contribution in [0.25, 0.3) is 0 Å². The lowest BCUT2D eigenvalue weighted by Gasteiger charge is -2.26. The Balaban J connectivity index is 1.75. The van der Waals surface area contributed by atoms with Gasteiger partial charge in [-0.05, 0) is 44.4 Å². The van der Waals surface area contributed by atoms with Crippen molar-refractivity contribution in [3.05, 3.63) is 0 Å². The van der Waals surface area contributed by atoms with Crippen molar-refractivity contribution >= 4 is 11.9 Å². The second kappa shape index (κ2) is 6.37. The number of rotatable bonds is 4. The fourth-order valence-corrected chi connectivity index (χ4v) is 3.36. The summed E-state index contributed by atoms with van der Waals surface area (Å²) in [6.45, 7) is 0.512. The normalized spacial score (nSPS) is 35.0. The molecule has 2 aliphatic carbocycles. The summed E-state index contributed by atoms with van der Waals surface area (Å²) in [7, 11) is 0. The van der Waals surface area contributed by atoms with Gasteiger partial charge in [-0.25, -0.2) is 0 Å². The molecule has 0 spiro atoms. The van der Waals surface area contributed by atoms with Gasteiger partial charge in [0.15, 0.2) is 0 Å². The van der Waals surface area contributed by atoms with E-state index in [-0.39, 0.29) is 29.7 Å². The number of hydrogen-bond donors (Lipinski definition) is 3. The highest BCUT2D eigenvalue weighted by molar-refractivity contribution is 5.78. The zero-order valence-corrected chi connectivity index (χ0v) is 11.3. The van der Waals surface area contributed by atoms with Crippen LogP contribution in [-0.4, -0.2) is 29.6 Å². The van der Waals surface area contributed by atoms with Gasteiger partial charge in [0, 0.05) is 18.5 Å². The Hall–Kier alpha value is -1.10. The topological polar surface area (TPSA) is 92.4 Å². The molecule has 19 heavy (non-hydrogen) atoms. The van der Waals surface area contributed by atoms with Gasteiger partial charge in [0.2, 0.25) is 5.91 Å². The fourth-order valence-electron chi connectivity index (χ4n) is 3.36. The number of carbonyl (C=O) groups is 2. The first-order valence-electron chi connectivity index (χ1n) is 7.34. The molecule has 2 aliphatic rings. The first kappa shape index (κ1) is 14.3. The molecule has 2 fully saturated rings. The van der Waals surface area contributed by atoms with Crippen molar-refractivity contribution < 1.29 is 14.7 Å². The van der Waals surface area contributed by atoms with Crippen LogP contribution in [0.4, 0.5) is 0 Å². The van der Waals surface area contributed by atoms with Gasteiger partial charge in [-0.2, -0.15) is 0 Å². The number of nitrogens with two attached hydrogens (primary N) is 1. The van der Waals surface area contributed by atoms with E-state index in [9.17, 15) is 9.59 Å². The van der Waals surface area contributed by atoms with Crippen LogP contribution in [0.1, 0.15) is 44.9 Å². The molecule has 4 N–H and O–H groups in total. The van der Waals surface area contributed by atoms with E-state index in [1.807, 2.05) is 0 Å². The van der Waals surface area contributed by atoms with E-state index < -0.39 is 5.97 Å². The fraction of sp³-hybridized carbons (Fsp3) is 0.857. The molecule has 2 saturated carbocycles. The monoisotopic (exact) mass is 268 g/mol. The van der Waals surface area contributed by atoms with Gasteiger partial charge in [-0.3, -0.25) is 9.59 Å². The Labute approximate surface area is 113 Å². The molecule has 2 atom stereocenters. The van der Waals surface area contributed by atoms with Crippen LogP contribution in [-0.2, 0) is 9.59 Å². The highest BCUT2D eigenvalue weighted by Crippen LogP contribution is 2.31. The lowest BCUT2D eigenvalue weighted by Crippen LogP contribution is -2.39. The first-order valence-corrected chi connectivity index (χ1v) is 7.34. The van der Waals surface area contributed by atoms with Crippen LogP contribution in [0.15, 0.2) is 0 Å². The van der Waals surface area contributed by atoms with Crippen molar-refractivity contribution in [2.45, 2.75) is 51.0 Å². The predicted molar refractivity (Wildman–Crippen MR) is 71.4 cm³/mol. The smallest absolute Gasteiger partial charge is 0.306 e. The Bertz CT molecular complexity index is 338.